The quantitative estimate of drug-likeness (QED) is 0.384. The lowest BCUT2D eigenvalue weighted by Crippen LogP contribution is -2.01. The fourth-order valence-electron chi connectivity index (χ4n) is 3.48. The van der Waals surface area contributed by atoms with E-state index < -0.39 is 0 Å². The molecular formula is C25H20Cl2O5. The van der Waals surface area contributed by atoms with Gasteiger partial charge in [0.15, 0.2) is 5.76 Å². The van der Waals surface area contributed by atoms with E-state index in [4.69, 9.17) is 42.1 Å². The molecule has 0 bridgehead atoms. The first kappa shape index (κ1) is 22.1. The van der Waals surface area contributed by atoms with Crippen LogP contribution in [0.1, 0.15) is 27.0 Å². The molecule has 0 aromatic heterocycles. The zero-order valence-corrected chi connectivity index (χ0v) is 19.2. The Labute approximate surface area is 196 Å². The second-order valence-corrected chi connectivity index (χ2v) is 7.96. The van der Waals surface area contributed by atoms with Gasteiger partial charge >= 0.3 is 0 Å². The van der Waals surface area contributed by atoms with Crippen molar-refractivity contribution in [3.63, 3.8) is 0 Å². The highest BCUT2D eigenvalue weighted by Gasteiger charge is 2.30. The Morgan fingerprint density at radius 2 is 1.72 bits per heavy atom. The van der Waals surface area contributed by atoms with E-state index in [0.29, 0.717) is 49.7 Å². The fourth-order valence-corrected chi connectivity index (χ4v) is 3.99. The van der Waals surface area contributed by atoms with Gasteiger partial charge in [0, 0.05) is 27.2 Å². The predicted molar refractivity (Wildman–Crippen MR) is 124 cm³/mol. The number of halogens is 2. The van der Waals surface area contributed by atoms with Gasteiger partial charge in [0.05, 0.1) is 19.8 Å². The van der Waals surface area contributed by atoms with Crippen LogP contribution in [-0.4, -0.2) is 20.0 Å². The molecule has 3 aromatic rings. The van der Waals surface area contributed by atoms with Crippen LogP contribution in [0.25, 0.3) is 6.08 Å². The van der Waals surface area contributed by atoms with Crippen molar-refractivity contribution >= 4 is 35.1 Å². The molecule has 3 aromatic carbocycles. The van der Waals surface area contributed by atoms with Crippen molar-refractivity contribution in [3.05, 3.63) is 86.6 Å². The Bertz CT molecular complexity index is 1210. The molecular weight excluding hydrogens is 451 g/mol. The summed E-state index contributed by atoms with van der Waals surface area (Å²) in [6.07, 6.45) is 1.65. The number of rotatable bonds is 6. The standard InChI is InChI=1S/C25H20Cl2O5/c1-14-9-17(31-13-18-19(26)5-4-6-20(18)27)12-22-24(14)25(28)23(32-22)11-15-10-16(29-2)7-8-21(15)30-3/h4-12H,13H2,1-3H3/b23-11-. The number of ether oxygens (including phenoxy) is 4. The Balaban J connectivity index is 1.62. The molecule has 164 valence electrons. The molecule has 5 nitrogen and oxygen atoms in total. The molecule has 0 N–H and O–H groups in total. The van der Waals surface area contributed by atoms with Crippen molar-refractivity contribution in [1.82, 2.24) is 0 Å². The summed E-state index contributed by atoms with van der Waals surface area (Å²) in [6, 6.07) is 14.1. The number of Topliss-reactive ketones (excluding diaryl/α,β-unsaturated/α-hetero) is 1. The van der Waals surface area contributed by atoms with Crippen molar-refractivity contribution in [2.45, 2.75) is 13.5 Å². The highest BCUT2D eigenvalue weighted by atomic mass is 35.5. The number of methoxy groups -OCH3 is 2. The molecule has 0 aliphatic carbocycles. The van der Waals surface area contributed by atoms with Crippen molar-refractivity contribution in [1.29, 1.82) is 0 Å². The van der Waals surface area contributed by atoms with E-state index in [-0.39, 0.29) is 18.1 Å². The molecule has 0 saturated carbocycles. The molecule has 0 spiro atoms. The van der Waals surface area contributed by atoms with Gasteiger partial charge in [0.2, 0.25) is 5.78 Å². The van der Waals surface area contributed by atoms with Crippen LogP contribution in [0.2, 0.25) is 10.0 Å². The molecule has 0 amide bonds. The number of ketones is 1. The van der Waals surface area contributed by atoms with Crippen LogP contribution in [0, 0.1) is 6.92 Å². The van der Waals surface area contributed by atoms with Crippen molar-refractivity contribution in [2.24, 2.45) is 0 Å². The summed E-state index contributed by atoms with van der Waals surface area (Å²) >= 11 is 12.4. The normalized spacial score (nSPS) is 13.7. The maximum absolute atomic E-state index is 13.0. The van der Waals surface area contributed by atoms with E-state index in [2.05, 4.69) is 0 Å². The number of allylic oxidation sites excluding steroid dienone is 1. The minimum atomic E-state index is -0.205. The molecule has 1 heterocycles. The first-order chi connectivity index (χ1) is 15.4. The second kappa shape index (κ2) is 9.15. The Hall–Kier alpha value is -3.15. The third kappa shape index (κ3) is 4.27. The molecule has 0 unspecified atom stereocenters. The third-order valence-electron chi connectivity index (χ3n) is 5.11. The summed E-state index contributed by atoms with van der Waals surface area (Å²) in [5, 5.41) is 1.05. The minimum Gasteiger partial charge on any atom is -0.497 e. The van der Waals surface area contributed by atoms with Crippen LogP contribution in [0.15, 0.2) is 54.3 Å². The lowest BCUT2D eigenvalue weighted by Gasteiger charge is -2.11. The SMILES string of the molecule is COc1ccc(OC)c(/C=C2\Oc3cc(OCc4c(Cl)cccc4Cl)cc(C)c3C2=O)c1. The van der Waals surface area contributed by atoms with Gasteiger partial charge in [-0.2, -0.15) is 0 Å². The second-order valence-electron chi connectivity index (χ2n) is 7.15. The first-order valence-corrected chi connectivity index (χ1v) is 10.5. The summed E-state index contributed by atoms with van der Waals surface area (Å²) in [5.41, 5.74) is 2.61. The first-order valence-electron chi connectivity index (χ1n) is 9.78. The van der Waals surface area contributed by atoms with E-state index >= 15 is 0 Å². The van der Waals surface area contributed by atoms with Gasteiger partial charge in [-0.3, -0.25) is 4.79 Å². The van der Waals surface area contributed by atoms with Gasteiger partial charge in [0.25, 0.3) is 0 Å². The Morgan fingerprint density at radius 3 is 2.41 bits per heavy atom. The highest BCUT2D eigenvalue weighted by Crippen LogP contribution is 2.39. The molecule has 0 atom stereocenters. The van der Waals surface area contributed by atoms with Crippen LogP contribution in [0.4, 0.5) is 0 Å². The van der Waals surface area contributed by atoms with E-state index in [1.165, 1.54) is 0 Å². The molecule has 32 heavy (non-hydrogen) atoms. The number of aryl methyl sites for hydroxylation is 1. The maximum atomic E-state index is 13.0. The molecule has 4 rings (SSSR count). The van der Waals surface area contributed by atoms with Crippen molar-refractivity contribution in [3.8, 4) is 23.0 Å². The molecule has 1 aliphatic rings. The molecule has 7 heteroatoms. The zero-order chi connectivity index (χ0) is 22.8. The number of carbonyl (C=O) groups is 1. The van der Waals surface area contributed by atoms with Gasteiger partial charge in [0.1, 0.15) is 29.6 Å². The number of hydrogen-bond donors (Lipinski definition) is 0. The number of benzene rings is 3. The monoisotopic (exact) mass is 470 g/mol. The van der Waals surface area contributed by atoms with Crippen LogP contribution in [-0.2, 0) is 6.61 Å². The van der Waals surface area contributed by atoms with Crippen LogP contribution >= 0.6 is 23.2 Å². The zero-order valence-electron chi connectivity index (χ0n) is 17.7. The average molecular weight is 471 g/mol. The number of fused-ring (bicyclic) bond motifs is 1. The summed E-state index contributed by atoms with van der Waals surface area (Å²) in [5.74, 6) is 2.21. The fraction of sp³-hybridized carbons (Fsp3) is 0.160. The smallest absolute Gasteiger partial charge is 0.232 e. The van der Waals surface area contributed by atoms with Gasteiger partial charge < -0.3 is 18.9 Å². The van der Waals surface area contributed by atoms with Crippen molar-refractivity contribution < 1.29 is 23.7 Å². The van der Waals surface area contributed by atoms with E-state index in [0.717, 1.165) is 5.56 Å². The average Bonchev–Trinajstić information content (AvgIpc) is 3.08. The lowest BCUT2D eigenvalue weighted by molar-refractivity contribution is 0.101. The highest BCUT2D eigenvalue weighted by molar-refractivity contribution is 6.35. The predicted octanol–water partition coefficient (Wildman–Crippen LogP) is 6.51. The van der Waals surface area contributed by atoms with Crippen LogP contribution in [0.5, 0.6) is 23.0 Å². The molecule has 1 aliphatic heterocycles. The topological polar surface area (TPSA) is 54.0 Å². The van der Waals surface area contributed by atoms with Gasteiger partial charge in [-0.25, -0.2) is 0 Å². The Morgan fingerprint density at radius 1 is 0.969 bits per heavy atom. The largest absolute Gasteiger partial charge is 0.497 e. The minimum absolute atomic E-state index is 0.189. The van der Waals surface area contributed by atoms with Gasteiger partial charge in [-0.15, -0.1) is 0 Å². The van der Waals surface area contributed by atoms with E-state index in [9.17, 15) is 4.79 Å². The Kier molecular flexibility index (Phi) is 6.31. The number of hydrogen-bond acceptors (Lipinski definition) is 5. The molecule has 0 saturated heterocycles. The van der Waals surface area contributed by atoms with Gasteiger partial charge in [-0.05, 0) is 55.0 Å². The summed E-state index contributed by atoms with van der Waals surface area (Å²) in [7, 11) is 3.14. The van der Waals surface area contributed by atoms with E-state index in [1.54, 1.807) is 68.8 Å². The maximum Gasteiger partial charge on any atom is 0.232 e. The van der Waals surface area contributed by atoms with Crippen LogP contribution < -0.4 is 18.9 Å². The lowest BCUT2D eigenvalue weighted by atomic mass is 10.0. The summed E-state index contributed by atoms with van der Waals surface area (Å²) in [4.78, 5) is 13.0. The van der Waals surface area contributed by atoms with Crippen molar-refractivity contribution in [2.75, 3.05) is 14.2 Å². The molecule has 0 radical (unpaired) electrons. The third-order valence-corrected chi connectivity index (χ3v) is 5.82. The summed E-state index contributed by atoms with van der Waals surface area (Å²) < 4.78 is 22.5. The van der Waals surface area contributed by atoms with E-state index in [1.807, 2.05) is 6.92 Å². The van der Waals surface area contributed by atoms with Crippen LogP contribution in [0.3, 0.4) is 0 Å². The number of carbonyl (C=O) groups excluding carboxylic acids is 1. The summed E-state index contributed by atoms with van der Waals surface area (Å²) in [6.45, 7) is 2.03. The molecule has 0 fully saturated rings. The van der Waals surface area contributed by atoms with Gasteiger partial charge in [-0.1, -0.05) is 29.3 Å².